The maximum atomic E-state index is 13.3. The average molecular weight is 298 g/mol. The Morgan fingerprint density at radius 3 is 2.79 bits per heavy atom. The first-order valence-electron chi connectivity index (χ1n) is 6.33. The first-order chi connectivity index (χ1) is 9.15. The summed E-state index contributed by atoms with van der Waals surface area (Å²) >= 11 is 7.88. The van der Waals surface area contributed by atoms with Crippen LogP contribution in [0.15, 0.2) is 29.6 Å². The summed E-state index contributed by atoms with van der Waals surface area (Å²) in [5, 5.41) is 6.03. The summed E-state index contributed by atoms with van der Waals surface area (Å²) < 4.78 is 13.3. The predicted octanol–water partition coefficient (Wildman–Crippen LogP) is 4.61. The largest absolute Gasteiger partial charge is 0.312 e. The third-order valence-electron chi connectivity index (χ3n) is 3.26. The Kier molecular flexibility index (Phi) is 4.97. The maximum absolute atomic E-state index is 13.3. The molecule has 1 heterocycles. The van der Waals surface area contributed by atoms with Crippen molar-refractivity contribution in [1.29, 1.82) is 0 Å². The molecule has 2 aromatic rings. The van der Waals surface area contributed by atoms with Gasteiger partial charge < -0.3 is 5.32 Å². The van der Waals surface area contributed by atoms with Crippen molar-refractivity contribution in [3.05, 3.63) is 56.5 Å². The first kappa shape index (κ1) is 14.5. The van der Waals surface area contributed by atoms with E-state index in [9.17, 15) is 4.39 Å². The Morgan fingerprint density at radius 1 is 1.32 bits per heavy atom. The monoisotopic (exact) mass is 297 g/mol. The smallest absolute Gasteiger partial charge is 0.123 e. The average Bonchev–Trinajstić information content (AvgIpc) is 2.88. The van der Waals surface area contributed by atoms with Gasteiger partial charge in [0.1, 0.15) is 5.82 Å². The summed E-state index contributed by atoms with van der Waals surface area (Å²) in [6.07, 6.45) is 1.70. The molecule has 0 spiro atoms. The van der Waals surface area contributed by atoms with Crippen molar-refractivity contribution in [3.63, 3.8) is 0 Å². The van der Waals surface area contributed by atoms with Crippen molar-refractivity contribution in [3.8, 4) is 0 Å². The highest BCUT2D eigenvalue weighted by Crippen LogP contribution is 2.29. The van der Waals surface area contributed by atoms with Gasteiger partial charge in [0.25, 0.3) is 0 Å². The second-order valence-electron chi connectivity index (χ2n) is 4.44. The van der Waals surface area contributed by atoms with E-state index < -0.39 is 0 Å². The van der Waals surface area contributed by atoms with Crippen LogP contribution in [0.3, 0.4) is 0 Å². The highest BCUT2D eigenvalue weighted by Gasteiger charge is 2.16. The minimum Gasteiger partial charge on any atom is -0.312 e. The number of aryl methyl sites for hydroxylation is 1. The molecule has 1 N–H and O–H groups in total. The Labute approximate surface area is 122 Å². The number of hydrogen-bond donors (Lipinski definition) is 1. The molecule has 0 aliphatic carbocycles. The summed E-state index contributed by atoms with van der Waals surface area (Å²) in [7, 11) is 1.93. The molecule has 0 fully saturated rings. The minimum absolute atomic E-state index is 0.175. The van der Waals surface area contributed by atoms with E-state index in [1.165, 1.54) is 22.6 Å². The first-order valence-corrected chi connectivity index (χ1v) is 7.59. The van der Waals surface area contributed by atoms with Crippen molar-refractivity contribution in [1.82, 2.24) is 5.32 Å². The lowest BCUT2D eigenvalue weighted by Crippen LogP contribution is -2.19. The fraction of sp³-hybridized carbons (Fsp3) is 0.333. The molecule has 1 atom stereocenters. The summed E-state index contributed by atoms with van der Waals surface area (Å²) in [4.78, 5) is 1.31. The van der Waals surface area contributed by atoms with Crippen LogP contribution in [0, 0.1) is 5.82 Å². The SMILES string of the molecule is CCc1ccsc1C(Cc1cc(F)ccc1Cl)NC. The molecular formula is C15H17ClFNS. The van der Waals surface area contributed by atoms with Crippen molar-refractivity contribution >= 4 is 22.9 Å². The van der Waals surface area contributed by atoms with Gasteiger partial charge in [-0.3, -0.25) is 0 Å². The summed E-state index contributed by atoms with van der Waals surface area (Å²) in [6.45, 7) is 2.15. The normalized spacial score (nSPS) is 12.6. The molecule has 0 aliphatic heterocycles. The number of nitrogens with one attached hydrogen (secondary N) is 1. The van der Waals surface area contributed by atoms with E-state index in [-0.39, 0.29) is 11.9 Å². The molecular weight excluding hydrogens is 281 g/mol. The zero-order valence-electron chi connectivity index (χ0n) is 11.0. The molecule has 1 aromatic heterocycles. The van der Waals surface area contributed by atoms with E-state index in [1.807, 2.05) is 7.05 Å². The third-order valence-corrected chi connectivity index (χ3v) is 4.70. The zero-order chi connectivity index (χ0) is 13.8. The number of halogens is 2. The van der Waals surface area contributed by atoms with Crippen LogP contribution in [-0.2, 0) is 12.8 Å². The van der Waals surface area contributed by atoms with Crippen LogP contribution in [0.2, 0.25) is 5.02 Å². The zero-order valence-corrected chi connectivity index (χ0v) is 12.6. The number of benzene rings is 1. The second-order valence-corrected chi connectivity index (χ2v) is 5.80. The molecule has 102 valence electrons. The van der Waals surface area contributed by atoms with Crippen LogP contribution in [0.25, 0.3) is 0 Å². The Hall–Kier alpha value is -0.900. The minimum atomic E-state index is -0.240. The van der Waals surface area contributed by atoms with Gasteiger partial charge >= 0.3 is 0 Å². The molecule has 0 bridgehead atoms. The van der Waals surface area contributed by atoms with Gasteiger partial charge in [0.05, 0.1) is 0 Å². The van der Waals surface area contributed by atoms with Gasteiger partial charge in [-0.05, 0) is 60.7 Å². The van der Waals surface area contributed by atoms with E-state index in [1.54, 1.807) is 17.4 Å². The quantitative estimate of drug-likeness (QED) is 0.850. The third kappa shape index (κ3) is 3.35. The van der Waals surface area contributed by atoms with Crippen LogP contribution in [-0.4, -0.2) is 7.05 Å². The lowest BCUT2D eigenvalue weighted by molar-refractivity contribution is 0.589. The molecule has 4 heteroatoms. The topological polar surface area (TPSA) is 12.0 Å². The number of likely N-dealkylation sites (N-methyl/N-ethyl adjacent to an activating group) is 1. The Morgan fingerprint density at radius 2 is 2.11 bits per heavy atom. The number of thiophene rings is 1. The van der Waals surface area contributed by atoms with Crippen molar-refractivity contribution in [2.24, 2.45) is 0 Å². The highest BCUT2D eigenvalue weighted by molar-refractivity contribution is 7.10. The lowest BCUT2D eigenvalue weighted by Gasteiger charge is -2.17. The van der Waals surface area contributed by atoms with Gasteiger partial charge in [0, 0.05) is 15.9 Å². The molecule has 0 saturated heterocycles. The van der Waals surface area contributed by atoms with Crippen LogP contribution < -0.4 is 5.32 Å². The van der Waals surface area contributed by atoms with Crippen molar-refractivity contribution < 1.29 is 4.39 Å². The standard InChI is InChI=1S/C15H17ClFNS/c1-3-10-6-7-19-15(10)14(18-2)9-11-8-12(17)4-5-13(11)16/h4-8,14,18H,3,9H2,1-2H3. The molecule has 2 rings (SSSR count). The highest BCUT2D eigenvalue weighted by atomic mass is 35.5. The fourth-order valence-corrected chi connectivity index (χ4v) is 3.49. The van der Waals surface area contributed by atoms with E-state index in [4.69, 9.17) is 11.6 Å². The predicted molar refractivity (Wildman–Crippen MR) is 80.6 cm³/mol. The van der Waals surface area contributed by atoms with Crippen LogP contribution in [0.1, 0.15) is 29.0 Å². The van der Waals surface area contributed by atoms with Gasteiger partial charge in [0.2, 0.25) is 0 Å². The van der Waals surface area contributed by atoms with E-state index in [0.29, 0.717) is 11.4 Å². The molecule has 0 saturated carbocycles. The van der Waals surface area contributed by atoms with Gasteiger partial charge in [-0.15, -0.1) is 11.3 Å². The summed E-state index contributed by atoms with van der Waals surface area (Å²) in [6, 6.07) is 6.86. The van der Waals surface area contributed by atoms with Crippen LogP contribution >= 0.6 is 22.9 Å². The van der Waals surface area contributed by atoms with Crippen molar-refractivity contribution in [2.45, 2.75) is 25.8 Å². The Bertz CT molecular complexity index is 553. The molecule has 1 nitrogen and oxygen atoms in total. The van der Waals surface area contributed by atoms with Gasteiger partial charge in [0.15, 0.2) is 0 Å². The number of rotatable bonds is 5. The maximum Gasteiger partial charge on any atom is 0.123 e. The summed E-state index contributed by atoms with van der Waals surface area (Å²) in [5.41, 5.74) is 2.19. The lowest BCUT2D eigenvalue weighted by atomic mass is 10.0. The molecule has 1 aromatic carbocycles. The van der Waals surface area contributed by atoms with Crippen LogP contribution in [0.4, 0.5) is 4.39 Å². The van der Waals surface area contributed by atoms with Gasteiger partial charge in [-0.25, -0.2) is 4.39 Å². The number of hydrogen-bond acceptors (Lipinski definition) is 2. The molecule has 0 aliphatic rings. The van der Waals surface area contributed by atoms with E-state index >= 15 is 0 Å². The summed E-state index contributed by atoms with van der Waals surface area (Å²) in [5.74, 6) is -0.240. The van der Waals surface area contributed by atoms with E-state index in [2.05, 4.69) is 23.7 Å². The second kappa shape index (κ2) is 6.51. The van der Waals surface area contributed by atoms with E-state index in [0.717, 1.165) is 12.0 Å². The Balaban J connectivity index is 2.26. The molecule has 1 unspecified atom stereocenters. The van der Waals surface area contributed by atoms with Crippen molar-refractivity contribution in [2.75, 3.05) is 7.05 Å². The molecule has 0 amide bonds. The molecule has 19 heavy (non-hydrogen) atoms. The van der Waals surface area contributed by atoms with Gasteiger partial charge in [-0.2, -0.15) is 0 Å². The van der Waals surface area contributed by atoms with Crippen LogP contribution in [0.5, 0.6) is 0 Å². The van der Waals surface area contributed by atoms with Gasteiger partial charge in [-0.1, -0.05) is 18.5 Å². The fourth-order valence-electron chi connectivity index (χ4n) is 2.19. The molecule has 0 radical (unpaired) electrons.